The highest BCUT2D eigenvalue weighted by molar-refractivity contribution is 5.65. The standard InChI is InChI=1S/C22H25FN4O/c1-22(2)14-26(19-9-7-16(8-10-19)18-11-24-25-12-18)15-27(22)13-17-5-4-6-20(28-3)21(17)23/h4-12H,13-15H2,1-3H3,(H,24,25). The maximum atomic E-state index is 14.6. The van der Waals surface area contributed by atoms with Crippen molar-refractivity contribution in [2.45, 2.75) is 25.9 Å². The molecule has 0 unspecified atom stereocenters. The van der Waals surface area contributed by atoms with Gasteiger partial charge in [0.1, 0.15) is 0 Å². The van der Waals surface area contributed by atoms with Crippen molar-refractivity contribution in [2.75, 3.05) is 25.2 Å². The van der Waals surface area contributed by atoms with Crippen molar-refractivity contribution < 1.29 is 9.13 Å². The third-order valence-electron chi connectivity index (χ3n) is 5.46. The topological polar surface area (TPSA) is 44.4 Å². The molecule has 1 saturated heterocycles. The molecule has 4 rings (SSSR count). The first-order chi connectivity index (χ1) is 13.5. The Balaban J connectivity index is 1.52. The van der Waals surface area contributed by atoms with Gasteiger partial charge in [0, 0.05) is 41.6 Å². The molecule has 0 atom stereocenters. The highest BCUT2D eigenvalue weighted by atomic mass is 19.1. The molecule has 1 fully saturated rings. The van der Waals surface area contributed by atoms with Gasteiger partial charge in [-0.2, -0.15) is 5.10 Å². The zero-order valence-corrected chi connectivity index (χ0v) is 16.4. The van der Waals surface area contributed by atoms with Gasteiger partial charge in [-0.15, -0.1) is 0 Å². The van der Waals surface area contributed by atoms with Crippen molar-refractivity contribution >= 4 is 5.69 Å². The minimum Gasteiger partial charge on any atom is -0.494 e. The van der Waals surface area contributed by atoms with Gasteiger partial charge in [-0.25, -0.2) is 4.39 Å². The third kappa shape index (κ3) is 3.47. The lowest BCUT2D eigenvalue weighted by Crippen LogP contribution is -2.39. The summed E-state index contributed by atoms with van der Waals surface area (Å²) in [5.74, 6) is 0.0184. The number of benzene rings is 2. The second-order valence-corrected chi connectivity index (χ2v) is 7.82. The maximum Gasteiger partial charge on any atom is 0.169 e. The summed E-state index contributed by atoms with van der Waals surface area (Å²) in [6.07, 6.45) is 3.71. The molecule has 2 aromatic carbocycles. The minimum absolute atomic E-state index is 0.0707. The van der Waals surface area contributed by atoms with Gasteiger partial charge in [0.05, 0.1) is 20.0 Å². The number of aromatic amines is 1. The molecule has 0 aliphatic carbocycles. The van der Waals surface area contributed by atoms with Gasteiger partial charge < -0.3 is 9.64 Å². The molecule has 146 valence electrons. The van der Waals surface area contributed by atoms with Crippen LogP contribution in [-0.4, -0.2) is 41.0 Å². The fourth-order valence-electron chi connectivity index (χ4n) is 3.77. The van der Waals surface area contributed by atoms with Crippen LogP contribution in [0, 0.1) is 5.82 Å². The Bertz CT molecular complexity index is 938. The molecule has 1 N–H and O–H groups in total. The predicted molar refractivity (Wildman–Crippen MR) is 109 cm³/mol. The van der Waals surface area contributed by atoms with Crippen molar-refractivity contribution in [3.05, 3.63) is 66.2 Å². The number of hydrogen-bond acceptors (Lipinski definition) is 4. The summed E-state index contributed by atoms with van der Waals surface area (Å²) < 4.78 is 19.7. The molecule has 1 aromatic heterocycles. The van der Waals surface area contributed by atoms with Crippen LogP contribution in [0.3, 0.4) is 0 Å². The van der Waals surface area contributed by atoms with E-state index < -0.39 is 0 Å². The molecule has 0 saturated carbocycles. The van der Waals surface area contributed by atoms with Crippen molar-refractivity contribution in [3.8, 4) is 16.9 Å². The molecule has 1 aliphatic rings. The average Bonchev–Trinajstić information content (AvgIpc) is 3.32. The van der Waals surface area contributed by atoms with Crippen LogP contribution in [0.2, 0.25) is 0 Å². The summed E-state index contributed by atoms with van der Waals surface area (Å²) in [4.78, 5) is 4.63. The average molecular weight is 380 g/mol. The molecule has 0 radical (unpaired) electrons. The van der Waals surface area contributed by atoms with Gasteiger partial charge in [0.25, 0.3) is 0 Å². The van der Waals surface area contributed by atoms with Crippen LogP contribution in [0.15, 0.2) is 54.9 Å². The van der Waals surface area contributed by atoms with Gasteiger partial charge >= 0.3 is 0 Å². The molecule has 3 aromatic rings. The normalized spacial score (nSPS) is 16.5. The van der Waals surface area contributed by atoms with E-state index in [4.69, 9.17) is 4.74 Å². The zero-order chi connectivity index (χ0) is 19.7. The van der Waals surface area contributed by atoms with E-state index in [9.17, 15) is 4.39 Å². The fraction of sp³-hybridized carbons (Fsp3) is 0.318. The van der Waals surface area contributed by atoms with E-state index in [2.05, 4.69) is 58.1 Å². The summed E-state index contributed by atoms with van der Waals surface area (Å²) in [5.41, 5.74) is 3.95. The number of anilines is 1. The van der Waals surface area contributed by atoms with Crippen molar-refractivity contribution in [1.29, 1.82) is 0 Å². The Morgan fingerprint density at radius 2 is 1.93 bits per heavy atom. The Labute approximate surface area is 164 Å². The first kappa shape index (κ1) is 18.5. The second-order valence-electron chi connectivity index (χ2n) is 7.82. The van der Waals surface area contributed by atoms with Crippen LogP contribution < -0.4 is 9.64 Å². The monoisotopic (exact) mass is 380 g/mol. The molecule has 2 heterocycles. The second kappa shape index (κ2) is 7.28. The fourth-order valence-corrected chi connectivity index (χ4v) is 3.77. The summed E-state index contributed by atoms with van der Waals surface area (Å²) >= 11 is 0. The first-order valence-electron chi connectivity index (χ1n) is 9.38. The van der Waals surface area contributed by atoms with Crippen LogP contribution in [0.4, 0.5) is 10.1 Å². The number of nitrogens with zero attached hydrogens (tertiary/aromatic N) is 3. The summed E-state index contributed by atoms with van der Waals surface area (Å²) in [6.45, 7) is 6.56. The lowest BCUT2D eigenvalue weighted by molar-refractivity contribution is 0.173. The number of aromatic nitrogens is 2. The number of H-pyrrole nitrogens is 1. The predicted octanol–water partition coefficient (Wildman–Crippen LogP) is 4.28. The minimum atomic E-state index is -0.274. The van der Waals surface area contributed by atoms with E-state index in [-0.39, 0.29) is 11.4 Å². The lowest BCUT2D eigenvalue weighted by atomic mass is 10.0. The maximum absolute atomic E-state index is 14.6. The highest BCUT2D eigenvalue weighted by Gasteiger charge is 2.37. The van der Waals surface area contributed by atoms with Crippen LogP contribution in [-0.2, 0) is 6.54 Å². The number of ether oxygens (including phenoxy) is 1. The number of methoxy groups -OCH3 is 1. The Hall–Kier alpha value is -2.86. The molecular weight excluding hydrogens is 355 g/mol. The third-order valence-corrected chi connectivity index (χ3v) is 5.46. The van der Waals surface area contributed by atoms with Crippen molar-refractivity contribution in [2.24, 2.45) is 0 Å². The lowest BCUT2D eigenvalue weighted by Gasteiger charge is -2.29. The van der Waals surface area contributed by atoms with E-state index in [0.717, 1.165) is 30.0 Å². The van der Waals surface area contributed by atoms with Crippen LogP contribution in [0.5, 0.6) is 5.75 Å². The molecular formula is C22H25FN4O. The highest BCUT2D eigenvalue weighted by Crippen LogP contribution is 2.32. The van der Waals surface area contributed by atoms with E-state index >= 15 is 0 Å². The van der Waals surface area contributed by atoms with Crippen LogP contribution >= 0.6 is 0 Å². The molecule has 1 aliphatic heterocycles. The van der Waals surface area contributed by atoms with E-state index in [1.807, 2.05) is 24.5 Å². The summed E-state index contributed by atoms with van der Waals surface area (Å²) in [5, 5.41) is 6.85. The Morgan fingerprint density at radius 1 is 1.14 bits per heavy atom. The van der Waals surface area contributed by atoms with Gasteiger partial charge in [0.15, 0.2) is 11.6 Å². The van der Waals surface area contributed by atoms with Crippen molar-refractivity contribution in [3.63, 3.8) is 0 Å². The van der Waals surface area contributed by atoms with Crippen molar-refractivity contribution in [1.82, 2.24) is 15.1 Å². The van der Waals surface area contributed by atoms with Crippen LogP contribution in [0.1, 0.15) is 19.4 Å². The summed E-state index contributed by atoms with van der Waals surface area (Å²) in [6, 6.07) is 13.8. The SMILES string of the molecule is COc1cccc(CN2CN(c3ccc(-c4cn[nH]c4)cc3)CC2(C)C)c1F. The quantitative estimate of drug-likeness (QED) is 0.717. The number of hydrogen-bond donors (Lipinski definition) is 1. The molecule has 6 heteroatoms. The van der Waals surface area contributed by atoms with Crippen LogP contribution in [0.25, 0.3) is 11.1 Å². The van der Waals surface area contributed by atoms with E-state index in [1.165, 1.54) is 7.11 Å². The van der Waals surface area contributed by atoms with Gasteiger partial charge in [-0.05, 0) is 37.6 Å². The molecule has 0 spiro atoms. The first-order valence-corrected chi connectivity index (χ1v) is 9.38. The van der Waals surface area contributed by atoms with Gasteiger partial charge in [-0.1, -0.05) is 24.3 Å². The molecule has 28 heavy (non-hydrogen) atoms. The van der Waals surface area contributed by atoms with E-state index in [0.29, 0.717) is 17.9 Å². The molecule has 0 bridgehead atoms. The number of rotatable bonds is 5. The van der Waals surface area contributed by atoms with Gasteiger partial charge in [-0.3, -0.25) is 10.00 Å². The summed E-state index contributed by atoms with van der Waals surface area (Å²) in [7, 11) is 1.50. The van der Waals surface area contributed by atoms with Gasteiger partial charge in [0.2, 0.25) is 0 Å². The molecule has 0 amide bonds. The largest absolute Gasteiger partial charge is 0.494 e. The molecule has 5 nitrogen and oxygen atoms in total. The Morgan fingerprint density at radius 3 is 2.61 bits per heavy atom. The zero-order valence-electron chi connectivity index (χ0n) is 16.4. The van der Waals surface area contributed by atoms with E-state index in [1.54, 1.807) is 6.07 Å². The smallest absolute Gasteiger partial charge is 0.169 e. The number of halogens is 1. The Kier molecular flexibility index (Phi) is 4.81. The number of nitrogens with one attached hydrogen (secondary N) is 1.